The second-order valence-corrected chi connectivity index (χ2v) is 7.71. The number of thiazole rings is 1. The third kappa shape index (κ3) is 3.38. The summed E-state index contributed by atoms with van der Waals surface area (Å²) in [6.07, 6.45) is 0.190. The van der Waals surface area contributed by atoms with Gasteiger partial charge in [-0.25, -0.2) is 4.98 Å². The van der Waals surface area contributed by atoms with Crippen LogP contribution >= 0.6 is 11.3 Å². The van der Waals surface area contributed by atoms with E-state index in [1.54, 1.807) is 35.5 Å². The lowest BCUT2D eigenvalue weighted by molar-refractivity contribution is -0.122. The minimum Gasteiger partial charge on any atom is -0.495 e. The topological polar surface area (TPSA) is 71.5 Å². The first kappa shape index (κ1) is 17.5. The SMILES string of the molecule is COc1ccccc1NC(=O)C1CC(=O)N(c2ccc3sc(C)nc3c2)C1. The van der Waals surface area contributed by atoms with Crippen LogP contribution in [-0.2, 0) is 9.59 Å². The highest BCUT2D eigenvalue weighted by atomic mass is 32.1. The Morgan fingerprint density at radius 3 is 2.93 bits per heavy atom. The van der Waals surface area contributed by atoms with Crippen LogP contribution in [0.2, 0.25) is 0 Å². The number of carbonyl (C=O) groups excluding carboxylic acids is 2. The fraction of sp³-hybridized carbons (Fsp3) is 0.250. The van der Waals surface area contributed by atoms with Gasteiger partial charge < -0.3 is 15.0 Å². The van der Waals surface area contributed by atoms with Gasteiger partial charge in [-0.3, -0.25) is 9.59 Å². The lowest BCUT2D eigenvalue weighted by atomic mass is 10.1. The molecule has 0 bridgehead atoms. The van der Waals surface area contributed by atoms with E-state index in [9.17, 15) is 9.59 Å². The van der Waals surface area contributed by atoms with E-state index in [4.69, 9.17) is 4.74 Å². The minimum atomic E-state index is -0.407. The highest BCUT2D eigenvalue weighted by Gasteiger charge is 2.35. The molecule has 0 radical (unpaired) electrons. The number of methoxy groups -OCH3 is 1. The molecule has 1 aliphatic heterocycles. The molecule has 1 fully saturated rings. The van der Waals surface area contributed by atoms with Gasteiger partial charge in [-0.1, -0.05) is 12.1 Å². The molecule has 1 N–H and O–H groups in total. The summed E-state index contributed by atoms with van der Waals surface area (Å²) in [5.74, 6) is -0.0472. The summed E-state index contributed by atoms with van der Waals surface area (Å²) in [5, 5.41) is 3.87. The Hall–Kier alpha value is -2.93. The Balaban J connectivity index is 1.51. The maximum atomic E-state index is 12.7. The van der Waals surface area contributed by atoms with Crippen molar-refractivity contribution in [1.82, 2.24) is 4.98 Å². The fourth-order valence-electron chi connectivity index (χ4n) is 3.31. The first-order chi connectivity index (χ1) is 13.0. The summed E-state index contributed by atoms with van der Waals surface area (Å²) in [6.45, 7) is 2.32. The molecule has 4 rings (SSSR count). The molecular weight excluding hydrogens is 362 g/mol. The summed E-state index contributed by atoms with van der Waals surface area (Å²) in [6, 6.07) is 13.0. The van der Waals surface area contributed by atoms with E-state index >= 15 is 0 Å². The van der Waals surface area contributed by atoms with E-state index in [1.807, 2.05) is 37.3 Å². The van der Waals surface area contributed by atoms with Gasteiger partial charge in [-0.15, -0.1) is 11.3 Å². The van der Waals surface area contributed by atoms with Gasteiger partial charge in [0.25, 0.3) is 0 Å². The predicted octanol–water partition coefficient (Wildman–Crippen LogP) is 3.60. The third-order valence-electron chi connectivity index (χ3n) is 4.65. The number of fused-ring (bicyclic) bond motifs is 1. The maximum Gasteiger partial charge on any atom is 0.229 e. The van der Waals surface area contributed by atoms with Crippen LogP contribution in [0, 0.1) is 12.8 Å². The number of hydrogen-bond donors (Lipinski definition) is 1. The van der Waals surface area contributed by atoms with Crippen molar-refractivity contribution in [2.45, 2.75) is 13.3 Å². The average molecular weight is 381 g/mol. The van der Waals surface area contributed by atoms with Crippen LogP contribution in [0.15, 0.2) is 42.5 Å². The molecule has 2 amide bonds. The highest BCUT2D eigenvalue weighted by molar-refractivity contribution is 7.18. The van der Waals surface area contributed by atoms with Gasteiger partial charge in [0.2, 0.25) is 11.8 Å². The molecule has 7 heteroatoms. The molecule has 3 aromatic rings. The minimum absolute atomic E-state index is 0.0542. The third-order valence-corrected chi connectivity index (χ3v) is 5.60. The fourth-order valence-corrected chi connectivity index (χ4v) is 4.12. The van der Waals surface area contributed by atoms with E-state index in [1.165, 1.54) is 0 Å². The molecule has 1 atom stereocenters. The number of ether oxygens (including phenoxy) is 1. The molecule has 1 aliphatic rings. The molecule has 1 unspecified atom stereocenters. The molecule has 2 heterocycles. The summed E-state index contributed by atoms with van der Waals surface area (Å²) in [7, 11) is 1.56. The van der Waals surface area contributed by atoms with Crippen LogP contribution in [0.25, 0.3) is 10.2 Å². The van der Waals surface area contributed by atoms with Crippen molar-refractivity contribution in [3.8, 4) is 5.75 Å². The van der Waals surface area contributed by atoms with Crippen molar-refractivity contribution < 1.29 is 14.3 Å². The smallest absolute Gasteiger partial charge is 0.229 e. The number of aryl methyl sites for hydroxylation is 1. The molecule has 0 aliphatic carbocycles. The van der Waals surface area contributed by atoms with Crippen LogP contribution < -0.4 is 15.0 Å². The monoisotopic (exact) mass is 381 g/mol. The lowest BCUT2D eigenvalue weighted by Crippen LogP contribution is -2.28. The number of nitrogens with zero attached hydrogens (tertiary/aromatic N) is 2. The van der Waals surface area contributed by atoms with E-state index in [0.29, 0.717) is 18.0 Å². The predicted molar refractivity (Wildman–Crippen MR) is 106 cm³/mol. The number of carbonyl (C=O) groups is 2. The largest absolute Gasteiger partial charge is 0.495 e. The molecule has 6 nitrogen and oxygen atoms in total. The van der Waals surface area contributed by atoms with Crippen molar-refractivity contribution in [2.75, 3.05) is 23.9 Å². The molecule has 27 heavy (non-hydrogen) atoms. The van der Waals surface area contributed by atoms with Crippen molar-refractivity contribution in [3.63, 3.8) is 0 Å². The van der Waals surface area contributed by atoms with Crippen LogP contribution in [0.3, 0.4) is 0 Å². The summed E-state index contributed by atoms with van der Waals surface area (Å²) in [4.78, 5) is 31.3. The Kier molecular flexibility index (Phi) is 4.53. The number of benzene rings is 2. The van der Waals surface area contributed by atoms with Crippen molar-refractivity contribution in [2.24, 2.45) is 5.92 Å². The Morgan fingerprint density at radius 2 is 2.11 bits per heavy atom. The highest BCUT2D eigenvalue weighted by Crippen LogP contribution is 2.31. The number of anilines is 2. The van der Waals surface area contributed by atoms with Crippen LogP contribution in [0.5, 0.6) is 5.75 Å². The van der Waals surface area contributed by atoms with Gasteiger partial charge in [-0.05, 0) is 37.3 Å². The van der Waals surface area contributed by atoms with Crippen molar-refractivity contribution in [3.05, 3.63) is 47.5 Å². The summed E-state index contributed by atoms with van der Waals surface area (Å²) >= 11 is 1.62. The van der Waals surface area contributed by atoms with Crippen molar-refractivity contribution >= 4 is 44.7 Å². The van der Waals surface area contributed by atoms with Crippen LogP contribution in [-0.4, -0.2) is 30.5 Å². The molecule has 1 saturated heterocycles. The Morgan fingerprint density at radius 1 is 1.30 bits per heavy atom. The zero-order valence-corrected chi connectivity index (χ0v) is 15.9. The second-order valence-electron chi connectivity index (χ2n) is 6.48. The van der Waals surface area contributed by atoms with Gasteiger partial charge in [-0.2, -0.15) is 0 Å². The molecule has 0 saturated carbocycles. The number of amides is 2. The summed E-state index contributed by atoms with van der Waals surface area (Å²) in [5.41, 5.74) is 2.27. The zero-order chi connectivity index (χ0) is 19.0. The van der Waals surface area contributed by atoms with E-state index in [2.05, 4.69) is 10.3 Å². The lowest BCUT2D eigenvalue weighted by Gasteiger charge is -2.17. The number of aromatic nitrogens is 1. The number of rotatable bonds is 4. The van der Waals surface area contributed by atoms with E-state index in [0.717, 1.165) is 20.9 Å². The van der Waals surface area contributed by atoms with Gasteiger partial charge in [0.05, 0.1) is 33.9 Å². The molecule has 138 valence electrons. The first-order valence-corrected chi connectivity index (χ1v) is 9.48. The molecule has 1 aromatic heterocycles. The molecular formula is C20H19N3O3S. The summed E-state index contributed by atoms with van der Waals surface area (Å²) < 4.78 is 6.36. The van der Waals surface area contributed by atoms with Gasteiger partial charge in [0, 0.05) is 18.7 Å². The Bertz CT molecular complexity index is 1030. The average Bonchev–Trinajstić information content (AvgIpc) is 3.23. The maximum absolute atomic E-state index is 12.7. The van der Waals surface area contributed by atoms with E-state index in [-0.39, 0.29) is 18.2 Å². The van der Waals surface area contributed by atoms with Gasteiger partial charge in [0.1, 0.15) is 5.75 Å². The zero-order valence-electron chi connectivity index (χ0n) is 15.1. The second kappa shape index (κ2) is 7.00. The number of nitrogens with one attached hydrogen (secondary N) is 1. The van der Waals surface area contributed by atoms with Crippen LogP contribution in [0.4, 0.5) is 11.4 Å². The number of hydrogen-bond acceptors (Lipinski definition) is 5. The van der Waals surface area contributed by atoms with E-state index < -0.39 is 5.92 Å². The standard InChI is InChI=1S/C20H19N3O3S/c1-12-21-16-10-14(7-8-18(16)27-12)23-11-13(9-19(23)24)20(25)22-15-5-3-4-6-17(15)26-2/h3-8,10,13H,9,11H2,1-2H3,(H,22,25). The Labute approximate surface area is 160 Å². The normalized spacial score (nSPS) is 16.7. The first-order valence-electron chi connectivity index (χ1n) is 8.66. The molecule has 2 aromatic carbocycles. The van der Waals surface area contributed by atoms with Crippen molar-refractivity contribution in [1.29, 1.82) is 0 Å². The quantitative estimate of drug-likeness (QED) is 0.749. The number of para-hydroxylation sites is 2. The van der Waals surface area contributed by atoms with Gasteiger partial charge in [0.15, 0.2) is 0 Å². The molecule has 0 spiro atoms. The van der Waals surface area contributed by atoms with Crippen LogP contribution in [0.1, 0.15) is 11.4 Å². The van der Waals surface area contributed by atoms with Gasteiger partial charge >= 0.3 is 0 Å².